The van der Waals surface area contributed by atoms with Gasteiger partial charge in [0, 0.05) is 35.3 Å². The first-order valence-electron chi connectivity index (χ1n) is 8.38. The van der Waals surface area contributed by atoms with Crippen LogP contribution in [0.25, 0.3) is 0 Å². The Morgan fingerprint density at radius 1 is 1.46 bits per heavy atom. The molecule has 1 unspecified atom stereocenters. The lowest BCUT2D eigenvalue weighted by Gasteiger charge is -2.28. The second kappa shape index (κ2) is 10.3. The van der Waals surface area contributed by atoms with E-state index < -0.39 is 30.9 Å². The fourth-order valence-electron chi connectivity index (χ4n) is 2.27. The van der Waals surface area contributed by atoms with E-state index in [0.29, 0.717) is 16.4 Å². The van der Waals surface area contributed by atoms with Crippen LogP contribution in [0.2, 0.25) is 0 Å². The van der Waals surface area contributed by atoms with Gasteiger partial charge >= 0.3 is 0 Å². The molecular weight excluding hydrogens is 390 g/mol. The van der Waals surface area contributed by atoms with Crippen molar-refractivity contribution < 1.29 is 23.4 Å². The summed E-state index contributed by atoms with van der Waals surface area (Å²) in [5.41, 5.74) is 11.0. The minimum absolute atomic E-state index is 0.0754. The molecular formula is C18H26F2N4O3S. The van der Waals surface area contributed by atoms with Gasteiger partial charge in [-0.1, -0.05) is 0 Å². The van der Waals surface area contributed by atoms with E-state index in [-0.39, 0.29) is 23.6 Å². The molecule has 0 aliphatic heterocycles. The largest absolute Gasteiger partial charge is 0.488 e. The van der Waals surface area contributed by atoms with Crippen LogP contribution in [0, 0.1) is 0 Å². The number of halogens is 2. The Bertz CT molecular complexity index is 767. The molecule has 0 fully saturated rings. The molecule has 0 aliphatic carbocycles. The number of benzene rings is 1. The lowest BCUT2D eigenvalue weighted by atomic mass is 9.98. The number of hydrogen-bond donors (Lipinski definition) is 5. The summed E-state index contributed by atoms with van der Waals surface area (Å²) in [7, 11) is 1.37. The predicted molar refractivity (Wildman–Crippen MR) is 109 cm³/mol. The first-order chi connectivity index (χ1) is 13.0. The zero-order valence-electron chi connectivity index (χ0n) is 16.0. The smallest absolute Gasteiger partial charge is 0.270 e. The molecule has 1 rings (SSSR count). The number of thiol groups is 1. The maximum absolute atomic E-state index is 12.7. The van der Waals surface area contributed by atoms with E-state index in [0.717, 1.165) is 0 Å². The molecule has 0 aliphatic rings. The number of anilines is 1. The summed E-state index contributed by atoms with van der Waals surface area (Å²) in [6.45, 7) is 2.47. The third kappa shape index (κ3) is 6.68. The van der Waals surface area contributed by atoms with Gasteiger partial charge in [0.05, 0.1) is 12.1 Å². The van der Waals surface area contributed by atoms with Crippen LogP contribution in [-0.2, 0) is 4.79 Å². The number of ether oxygens (including phenoxy) is 1. The van der Waals surface area contributed by atoms with Gasteiger partial charge in [0.2, 0.25) is 6.43 Å². The third-order valence-corrected chi connectivity index (χ3v) is 4.40. The van der Waals surface area contributed by atoms with Gasteiger partial charge in [-0.2, -0.15) is 0 Å². The summed E-state index contributed by atoms with van der Waals surface area (Å²) in [6, 6.07) is 4.64. The molecule has 0 spiro atoms. The highest BCUT2D eigenvalue weighted by atomic mass is 32.1. The number of carbonyl (C=O) groups excluding carboxylic acids is 1. The molecule has 156 valence electrons. The van der Waals surface area contributed by atoms with Crippen LogP contribution in [-0.4, -0.2) is 49.0 Å². The average molecular weight is 416 g/mol. The molecule has 1 atom stereocenters. The number of aliphatic imine (C=N–C) groups is 1. The maximum atomic E-state index is 12.7. The number of nitrogen functional groups attached to an aromatic ring is 1. The molecule has 0 aromatic heterocycles. The van der Waals surface area contributed by atoms with Gasteiger partial charge in [0.25, 0.3) is 5.91 Å². The highest BCUT2D eigenvalue weighted by molar-refractivity contribution is 7.84. The Labute approximate surface area is 168 Å². The van der Waals surface area contributed by atoms with Crippen LogP contribution in [0.15, 0.2) is 33.8 Å². The Morgan fingerprint density at radius 3 is 2.61 bits per heavy atom. The first-order valence-corrected chi connectivity index (χ1v) is 8.83. The number of aliphatic hydroxyl groups excluding tert-OH is 1. The van der Waals surface area contributed by atoms with Gasteiger partial charge in [-0.15, -0.1) is 12.6 Å². The number of rotatable bonds is 9. The molecule has 0 heterocycles. The summed E-state index contributed by atoms with van der Waals surface area (Å²) in [6.07, 6.45) is -3.41. The van der Waals surface area contributed by atoms with Crippen LogP contribution in [0.3, 0.4) is 0 Å². The van der Waals surface area contributed by atoms with Crippen LogP contribution >= 0.6 is 12.6 Å². The van der Waals surface area contributed by atoms with Gasteiger partial charge in [0.15, 0.2) is 0 Å². The van der Waals surface area contributed by atoms with Crippen molar-refractivity contribution in [2.24, 2.45) is 10.7 Å². The van der Waals surface area contributed by atoms with Crippen molar-refractivity contribution in [1.29, 1.82) is 0 Å². The van der Waals surface area contributed by atoms with Crippen LogP contribution < -0.4 is 21.5 Å². The van der Waals surface area contributed by atoms with E-state index in [2.05, 4.69) is 22.9 Å². The average Bonchev–Trinajstić information content (AvgIpc) is 2.61. The van der Waals surface area contributed by atoms with Crippen molar-refractivity contribution in [3.05, 3.63) is 34.4 Å². The quantitative estimate of drug-likeness (QED) is 0.238. The number of nitrogens with one attached hydrogen (secondary N) is 1. The standard InChI is InChI=1S/C18H26F2N4O3S/c1-10(21)14(28)8-27-11-4-5-13(22)12(6-11)16(23-3)17(26)24-18(2,9-25)7-15(19)20/h4-6,15,25,28H,7-9,21-22H2,1-3H3,(H,24,26)/b14-10-,23-16?. The normalized spacial score (nSPS) is 15.1. The van der Waals surface area contributed by atoms with Crippen molar-refractivity contribution in [3.8, 4) is 5.75 Å². The molecule has 0 radical (unpaired) electrons. The fourth-order valence-corrected chi connectivity index (χ4v) is 2.33. The molecule has 7 nitrogen and oxygen atoms in total. The number of amides is 1. The van der Waals surface area contributed by atoms with Crippen molar-refractivity contribution >= 4 is 29.9 Å². The van der Waals surface area contributed by atoms with Crippen LogP contribution in [0.1, 0.15) is 25.8 Å². The summed E-state index contributed by atoms with van der Waals surface area (Å²) in [5, 5.41) is 11.8. The molecule has 1 amide bonds. The SMILES string of the molecule is CN=C(C(=O)NC(C)(CO)CC(F)F)c1cc(OC/C(S)=C(\C)N)ccc1N. The summed E-state index contributed by atoms with van der Waals surface area (Å²) in [5.74, 6) is -0.348. The minimum atomic E-state index is -2.70. The van der Waals surface area contributed by atoms with E-state index in [4.69, 9.17) is 16.2 Å². The van der Waals surface area contributed by atoms with E-state index in [1.807, 2.05) is 0 Å². The number of allylic oxidation sites excluding steroid dienone is 1. The van der Waals surface area contributed by atoms with Crippen LogP contribution in [0.4, 0.5) is 14.5 Å². The summed E-state index contributed by atoms with van der Waals surface area (Å²) in [4.78, 5) is 17.1. The monoisotopic (exact) mass is 416 g/mol. The Hall–Kier alpha value is -2.33. The third-order valence-electron chi connectivity index (χ3n) is 3.92. The number of hydrogen-bond acceptors (Lipinski definition) is 7. The Balaban J connectivity index is 3.09. The topological polar surface area (TPSA) is 123 Å². The highest BCUT2D eigenvalue weighted by Gasteiger charge is 2.31. The lowest BCUT2D eigenvalue weighted by Crippen LogP contribution is -2.52. The molecule has 0 bridgehead atoms. The Kier molecular flexibility index (Phi) is 8.70. The van der Waals surface area contributed by atoms with E-state index in [1.54, 1.807) is 13.0 Å². The van der Waals surface area contributed by atoms with E-state index in [9.17, 15) is 18.7 Å². The van der Waals surface area contributed by atoms with Crippen molar-refractivity contribution in [2.75, 3.05) is 26.0 Å². The van der Waals surface area contributed by atoms with Crippen LogP contribution in [0.5, 0.6) is 5.75 Å². The molecule has 0 saturated carbocycles. The van der Waals surface area contributed by atoms with Crippen molar-refractivity contribution in [1.82, 2.24) is 5.32 Å². The van der Waals surface area contributed by atoms with Gasteiger partial charge in [0.1, 0.15) is 18.1 Å². The number of nitrogens with two attached hydrogens (primary N) is 2. The van der Waals surface area contributed by atoms with Gasteiger partial charge < -0.3 is 26.6 Å². The molecule has 6 N–H and O–H groups in total. The molecule has 1 aromatic rings. The number of nitrogens with zero attached hydrogens (tertiary/aromatic N) is 1. The summed E-state index contributed by atoms with van der Waals surface area (Å²) >= 11 is 4.21. The predicted octanol–water partition coefficient (Wildman–Crippen LogP) is 1.71. The van der Waals surface area contributed by atoms with Crippen molar-refractivity contribution in [3.63, 3.8) is 0 Å². The zero-order chi connectivity index (χ0) is 21.5. The van der Waals surface area contributed by atoms with Crippen molar-refractivity contribution in [2.45, 2.75) is 32.2 Å². The van der Waals surface area contributed by atoms with E-state index >= 15 is 0 Å². The number of carbonyl (C=O) groups is 1. The minimum Gasteiger partial charge on any atom is -0.488 e. The zero-order valence-corrected chi connectivity index (χ0v) is 16.9. The van der Waals surface area contributed by atoms with E-state index in [1.165, 1.54) is 26.1 Å². The maximum Gasteiger partial charge on any atom is 0.270 e. The van der Waals surface area contributed by atoms with Gasteiger partial charge in [-0.3, -0.25) is 9.79 Å². The lowest BCUT2D eigenvalue weighted by molar-refractivity contribution is -0.117. The molecule has 0 saturated heterocycles. The van der Waals surface area contributed by atoms with Gasteiger partial charge in [-0.25, -0.2) is 8.78 Å². The fraction of sp³-hybridized carbons (Fsp3) is 0.444. The number of alkyl halides is 2. The summed E-state index contributed by atoms with van der Waals surface area (Å²) < 4.78 is 31.1. The Morgan fingerprint density at radius 2 is 2.11 bits per heavy atom. The second-order valence-electron chi connectivity index (χ2n) is 6.51. The highest BCUT2D eigenvalue weighted by Crippen LogP contribution is 2.23. The first kappa shape index (κ1) is 23.7. The molecule has 10 heteroatoms. The van der Waals surface area contributed by atoms with Gasteiger partial charge in [-0.05, 0) is 32.0 Å². The molecule has 1 aromatic carbocycles. The molecule has 28 heavy (non-hydrogen) atoms. The second-order valence-corrected chi connectivity index (χ2v) is 7.05. The number of aliphatic hydroxyl groups is 1.